The Bertz CT molecular complexity index is 889. The molecule has 25 heavy (non-hydrogen) atoms. The highest BCUT2D eigenvalue weighted by Gasteiger charge is 2.43. The van der Waals surface area contributed by atoms with E-state index in [2.05, 4.69) is 48.0 Å². The molecule has 0 spiro atoms. The van der Waals surface area contributed by atoms with Crippen molar-refractivity contribution in [3.05, 3.63) is 24.4 Å². The molecule has 3 aromatic rings. The first-order chi connectivity index (χ1) is 12.2. The third-order valence-electron chi connectivity index (χ3n) is 5.73. The maximum absolute atomic E-state index is 5.33. The number of hydrogen-bond donors (Lipinski definition) is 1. The van der Waals surface area contributed by atoms with Crippen molar-refractivity contribution in [3.8, 4) is 0 Å². The van der Waals surface area contributed by atoms with Crippen LogP contribution in [-0.4, -0.2) is 51.3 Å². The molecule has 4 heterocycles. The van der Waals surface area contributed by atoms with Gasteiger partial charge in [0.15, 0.2) is 5.82 Å². The topological polar surface area (TPSA) is 87.0 Å². The second-order valence-electron chi connectivity index (χ2n) is 7.22. The standard InChI is InChI=1S/C17H21N7O/c1-10-21-17(25-22-10)24-7-11-5-13(6-12(11)8-24)23(2)16-14-3-4-18-15(14)19-9-20-16/h3-4,9,11-13H,5-8H2,1-2H3,(H,18,19,20)/t11-,12?,13?/m1/s1. The molecule has 2 unspecified atom stereocenters. The van der Waals surface area contributed by atoms with Gasteiger partial charge in [-0.05, 0) is 37.7 Å². The number of anilines is 2. The molecule has 3 atom stereocenters. The van der Waals surface area contributed by atoms with Crippen molar-refractivity contribution in [1.29, 1.82) is 0 Å². The van der Waals surface area contributed by atoms with E-state index in [-0.39, 0.29) is 0 Å². The highest BCUT2D eigenvalue weighted by Crippen LogP contribution is 2.42. The van der Waals surface area contributed by atoms with Crippen molar-refractivity contribution < 1.29 is 4.52 Å². The zero-order valence-electron chi connectivity index (χ0n) is 14.4. The molecule has 0 bridgehead atoms. The molecular weight excluding hydrogens is 318 g/mol. The normalized spacial score (nSPS) is 25.7. The van der Waals surface area contributed by atoms with Crippen LogP contribution in [-0.2, 0) is 0 Å². The summed E-state index contributed by atoms with van der Waals surface area (Å²) in [5.74, 6) is 3.05. The molecular formula is C17H21N7O. The van der Waals surface area contributed by atoms with Crippen LogP contribution < -0.4 is 9.80 Å². The molecule has 0 amide bonds. The minimum atomic E-state index is 0.509. The molecule has 2 fully saturated rings. The van der Waals surface area contributed by atoms with Gasteiger partial charge in [0.05, 0.1) is 5.39 Å². The maximum atomic E-state index is 5.33. The summed E-state index contributed by atoms with van der Waals surface area (Å²) in [6.45, 7) is 3.86. The van der Waals surface area contributed by atoms with Gasteiger partial charge in [-0.3, -0.25) is 0 Å². The van der Waals surface area contributed by atoms with E-state index in [0.717, 1.165) is 29.9 Å². The molecule has 8 heteroatoms. The van der Waals surface area contributed by atoms with Crippen molar-refractivity contribution in [3.63, 3.8) is 0 Å². The molecule has 8 nitrogen and oxygen atoms in total. The van der Waals surface area contributed by atoms with E-state index in [4.69, 9.17) is 4.52 Å². The number of hydrogen-bond acceptors (Lipinski definition) is 7. The number of aryl methyl sites for hydroxylation is 1. The summed E-state index contributed by atoms with van der Waals surface area (Å²) in [6.07, 6.45) is 5.89. The van der Waals surface area contributed by atoms with E-state index < -0.39 is 0 Å². The van der Waals surface area contributed by atoms with E-state index in [0.29, 0.717) is 29.7 Å². The van der Waals surface area contributed by atoms with Gasteiger partial charge in [0, 0.05) is 32.4 Å². The molecule has 5 rings (SSSR count). The molecule has 1 saturated heterocycles. The Labute approximate surface area is 145 Å². The summed E-state index contributed by atoms with van der Waals surface area (Å²) in [7, 11) is 2.15. The van der Waals surface area contributed by atoms with E-state index in [9.17, 15) is 0 Å². The summed E-state index contributed by atoms with van der Waals surface area (Å²) >= 11 is 0. The molecule has 2 aliphatic rings. The first kappa shape index (κ1) is 14.7. The monoisotopic (exact) mass is 339 g/mol. The number of fused-ring (bicyclic) bond motifs is 2. The first-order valence-electron chi connectivity index (χ1n) is 8.75. The third-order valence-corrected chi connectivity index (χ3v) is 5.73. The number of nitrogens with one attached hydrogen (secondary N) is 1. The zero-order chi connectivity index (χ0) is 17.0. The van der Waals surface area contributed by atoms with Gasteiger partial charge < -0.3 is 19.3 Å². The molecule has 1 aliphatic heterocycles. The van der Waals surface area contributed by atoms with Crippen molar-refractivity contribution in [2.45, 2.75) is 25.8 Å². The predicted molar refractivity (Wildman–Crippen MR) is 93.5 cm³/mol. The minimum Gasteiger partial charge on any atom is -0.356 e. The minimum absolute atomic E-state index is 0.509. The van der Waals surface area contributed by atoms with Crippen molar-refractivity contribution in [2.24, 2.45) is 11.8 Å². The smallest absolute Gasteiger partial charge is 0.324 e. The molecule has 0 radical (unpaired) electrons. The van der Waals surface area contributed by atoms with Gasteiger partial charge >= 0.3 is 6.01 Å². The van der Waals surface area contributed by atoms with Crippen LogP contribution in [0.25, 0.3) is 11.0 Å². The summed E-state index contributed by atoms with van der Waals surface area (Å²) in [5, 5.41) is 5.00. The Morgan fingerprint density at radius 2 is 2.04 bits per heavy atom. The number of aromatic nitrogens is 5. The molecule has 1 aliphatic carbocycles. The zero-order valence-corrected chi connectivity index (χ0v) is 14.4. The van der Waals surface area contributed by atoms with Crippen LogP contribution >= 0.6 is 0 Å². The summed E-state index contributed by atoms with van der Waals surface area (Å²) in [4.78, 5) is 20.9. The van der Waals surface area contributed by atoms with Crippen LogP contribution in [0.4, 0.5) is 11.8 Å². The van der Waals surface area contributed by atoms with Gasteiger partial charge in [0.2, 0.25) is 0 Å². The van der Waals surface area contributed by atoms with E-state index in [1.54, 1.807) is 6.33 Å². The van der Waals surface area contributed by atoms with Crippen LogP contribution in [0.15, 0.2) is 23.1 Å². The van der Waals surface area contributed by atoms with Crippen LogP contribution in [0.2, 0.25) is 0 Å². The fourth-order valence-corrected chi connectivity index (χ4v) is 4.47. The van der Waals surface area contributed by atoms with Gasteiger partial charge in [0.1, 0.15) is 17.8 Å². The fraction of sp³-hybridized carbons (Fsp3) is 0.529. The number of H-pyrrole nitrogens is 1. The molecule has 130 valence electrons. The quantitative estimate of drug-likeness (QED) is 0.781. The molecule has 1 saturated carbocycles. The lowest BCUT2D eigenvalue weighted by molar-refractivity contribution is 0.410. The van der Waals surface area contributed by atoms with Crippen molar-refractivity contribution >= 4 is 22.9 Å². The van der Waals surface area contributed by atoms with Gasteiger partial charge in [-0.15, -0.1) is 0 Å². The fourth-order valence-electron chi connectivity index (χ4n) is 4.47. The van der Waals surface area contributed by atoms with Crippen LogP contribution in [0.5, 0.6) is 0 Å². The van der Waals surface area contributed by atoms with Crippen LogP contribution in [0, 0.1) is 18.8 Å². The Balaban J connectivity index is 1.32. The summed E-state index contributed by atoms with van der Waals surface area (Å²) in [5.41, 5.74) is 0.896. The van der Waals surface area contributed by atoms with E-state index in [1.807, 2.05) is 13.1 Å². The van der Waals surface area contributed by atoms with Crippen molar-refractivity contribution in [2.75, 3.05) is 29.9 Å². The van der Waals surface area contributed by atoms with Gasteiger partial charge in [0.25, 0.3) is 0 Å². The maximum Gasteiger partial charge on any atom is 0.324 e. The SMILES string of the molecule is Cc1noc(N2CC3CC(N(C)c4ncnc5[nH]ccc45)C[C@@H]3C2)n1. The predicted octanol–water partition coefficient (Wildman–Crippen LogP) is 2.00. The van der Waals surface area contributed by atoms with Gasteiger partial charge in [-0.25, -0.2) is 9.97 Å². The molecule has 1 N–H and O–H groups in total. The number of aromatic amines is 1. The summed E-state index contributed by atoms with van der Waals surface area (Å²) in [6, 6.07) is 3.23. The first-order valence-corrected chi connectivity index (χ1v) is 8.75. The Morgan fingerprint density at radius 3 is 2.76 bits per heavy atom. The second kappa shape index (κ2) is 5.44. The van der Waals surface area contributed by atoms with Gasteiger partial charge in [-0.1, -0.05) is 5.16 Å². The average Bonchev–Trinajstić information content (AvgIpc) is 3.35. The van der Waals surface area contributed by atoms with E-state index in [1.165, 1.54) is 12.8 Å². The lowest BCUT2D eigenvalue weighted by atomic mass is 10.0. The van der Waals surface area contributed by atoms with Crippen LogP contribution in [0.1, 0.15) is 18.7 Å². The Kier molecular flexibility index (Phi) is 3.19. The average molecular weight is 339 g/mol. The number of nitrogens with zero attached hydrogens (tertiary/aromatic N) is 6. The Hall–Kier alpha value is -2.64. The van der Waals surface area contributed by atoms with Crippen molar-refractivity contribution in [1.82, 2.24) is 25.1 Å². The Morgan fingerprint density at radius 1 is 1.24 bits per heavy atom. The third kappa shape index (κ3) is 2.35. The lowest BCUT2D eigenvalue weighted by Crippen LogP contribution is -2.32. The largest absolute Gasteiger partial charge is 0.356 e. The molecule has 3 aromatic heterocycles. The molecule has 0 aromatic carbocycles. The lowest BCUT2D eigenvalue weighted by Gasteiger charge is -2.27. The van der Waals surface area contributed by atoms with E-state index >= 15 is 0 Å². The highest BCUT2D eigenvalue weighted by molar-refractivity contribution is 5.87. The van der Waals surface area contributed by atoms with Gasteiger partial charge in [-0.2, -0.15) is 4.98 Å². The highest BCUT2D eigenvalue weighted by atomic mass is 16.5. The second-order valence-corrected chi connectivity index (χ2v) is 7.22. The number of rotatable bonds is 3. The van der Waals surface area contributed by atoms with Crippen LogP contribution in [0.3, 0.4) is 0 Å². The summed E-state index contributed by atoms with van der Waals surface area (Å²) < 4.78 is 5.33.